The van der Waals surface area contributed by atoms with E-state index < -0.39 is 10.0 Å². The predicted octanol–water partition coefficient (Wildman–Crippen LogP) is 1.44. The van der Waals surface area contributed by atoms with Crippen molar-refractivity contribution in [1.82, 2.24) is 9.71 Å². The molecule has 0 bridgehead atoms. The summed E-state index contributed by atoms with van der Waals surface area (Å²) in [6, 6.07) is 1.44. The molecule has 0 amide bonds. The van der Waals surface area contributed by atoms with Crippen LogP contribution in [0.3, 0.4) is 0 Å². The Morgan fingerprint density at radius 2 is 2.28 bits per heavy atom. The number of nitrogens with zero attached hydrogens (tertiary/aromatic N) is 1. The molecule has 100 valence electrons. The van der Waals surface area contributed by atoms with Crippen molar-refractivity contribution >= 4 is 21.6 Å². The van der Waals surface area contributed by atoms with Crippen LogP contribution in [-0.4, -0.2) is 33.2 Å². The molecule has 2 rings (SSSR count). The van der Waals surface area contributed by atoms with E-state index in [9.17, 15) is 8.42 Å². The van der Waals surface area contributed by atoms with Crippen LogP contribution in [0.25, 0.3) is 0 Å². The monoisotopic (exact) mass is 290 g/mol. The summed E-state index contributed by atoms with van der Waals surface area (Å²) in [5.74, 6) is 0.675. The molecule has 1 aliphatic rings. The quantitative estimate of drug-likeness (QED) is 0.772. The predicted molar refractivity (Wildman–Crippen MR) is 68.0 cm³/mol. The maximum absolute atomic E-state index is 11.9. The van der Waals surface area contributed by atoms with Crippen LogP contribution in [0.4, 0.5) is 0 Å². The zero-order valence-electron chi connectivity index (χ0n) is 9.80. The molecule has 1 heterocycles. The molecule has 1 N–H and O–H groups in total. The SMILES string of the molecule is O=S(=O)(NCCOCC1CC1)c1cnccc1Cl. The lowest BCUT2D eigenvalue weighted by atomic mass is 10.5. The minimum Gasteiger partial charge on any atom is -0.380 e. The third-order valence-corrected chi connectivity index (χ3v) is 4.54. The number of pyridine rings is 1. The first-order valence-corrected chi connectivity index (χ1v) is 7.62. The summed E-state index contributed by atoms with van der Waals surface area (Å²) in [7, 11) is -3.60. The van der Waals surface area contributed by atoms with Crippen LogP contribution in [0.2, 0.25) is 5.02 Å². The van der Waals surface area contributed by atoms with Crippen molar-refractivity contribution < 1.29 is 13.2 Å². The van der Waals surface area contributed by atoms with Gasteiger partial charge in [-0.2, -0.15) is 0 Å². The van der Waals surface area contributed by atoms with Gasteiger partial charge in [0.2, 0.25) is 10.0 Å². The number of sulfonamides is 1. The molecular weight excluding hydrogens is 276 g/mol. The fraction of sp³-hybridized carbons (Fsp3) is 0.545. The number of halogens is 1. The average Bonchev–Trinajstić information content (AvgIpc) is 3.13. The Hall–Kier alpha value is -0.690. The first-order valence-electron chi connectivity index (χ1n) is 5.76. The van der Waals surface area contributed by atoms with Crippen molar-refractivity contribution in [1.29, 1.82) is 0 Å². The average molecular weight is 291 g/mol. The van der Waals surface area contributed by atoms with Gasteiger partial charge in [-0.1, -0.05) is 11.6 Å². The highest BCUT2D eigenvalue weighted by Gasteiger charge is 2.21. The number of aromatic nitrogens is 1. The zero-order valence-corrected chi connectivity index (χ0v) is 11.4. The molecule has 0 aliphatic heterocycles. The topological polar surface area (TPSA) is 68.3 Å². The second kappa shape index (κ2) is 5.97. The van der Waals surface area contributed by atoms with Crippen LogP contribution < -0.4 is 4.72 Å². The fourth-order valence-electron chi connectivity index (χ4n) is 1.42. The smallest absolute Gasteiger partial charge is 0.243 e. The summed E-state index contributed by atoms with van der Waals surface area (Å²) >= 11 is 5.81. The number of hydrogen-bond acceptors (Lipinski definition) is 4. The van der Waals surface area contributed by atoms with Crippen molar-refractivity contribution in [2.45, 2.75) is 17.7 Å². The molecule has 1 fully saturated rings. The number of rotatable bonds is 7. The van der Waals surface area contributed by atoms with E-state index in [0.29, 0.717) is 12.5 Å². The summed E-state index contributed by atoms with van der Waals surface area (Å²) in [6.45, 7) is 1.32. The molecule has 1 saturated carbocycles. The van der Waals surface area contributed by atoms with Crippen LogP contribution in [0.5, 0.6) is 0 Å². The molecule has 0 atom stereocenters. The van der Waals surface area contributed by atoms with Gasteiger partial charge in [0.05, 0.1) is 11.6 Å². The number of hydrogen-bond donors (Lipinski definition) is 1. The number of ether oxygens (including phenoxy) is 1. The van der Waals surface area contributed by atoms with E-state index in [4.69, 9.17) is 16.3 Å². The van der Waals surface area contributed by atoms with E-state index in [1.54, 1.807) is 0 Å². The lowest BCUT2D eigenvalue weighted by Crippen LogP contribution is -2.28. The van der Waals surface area contributed by atoms with Gasteiger partial charge >= 0.3 is 0 Å². The van der Waals surface area contributed by atoms with Gasteiger partial charge in [0.15, 0.2) is 0 Å². The van der Waals surface area contributed by atoms with Gasteiger partial charge in [-0.05, 0) is 24.8 Å². The van der Waals surface area contributed by atoms with Gasteiger partial charge in [-0.25, -0.2) is 13.1 Å². The highest BCUT2D eigenvalue weighted by atomic mass is 35.5. The van der Waals surface area contributed by atoms with Gasteiger partial charge < -0.3 is 4.74 Å². The Bertz CT molecular complexity index is 503. The van der Waals surface area contributed by atoms with Crippen LogP contribution >= 0.6 is 11.6 Å². The van der Waals surface area contributed by atoms with Gasteiger partial charge in [0, 0.05) is 25.5 Å². The highest BCUT2D eigenvalue weighted by Crippen LogP contribution is 2.28. The molecule has 1 aromatic rings. The van der Waals surface area contributed by atoms with Crippen LogP contribution in [0.15, 0.2) is 23.4 Å². The Morgan fingerprint density at radius 1 is 1.50 bits per heavy atom. The normalized spacial score (nSPS) is 15.8. The summed E-state index contributed by atoms with van der Waals surface area (Å²) < 4.78 is 31.5. The molecule has 0 aromatic carbocycles. The standard InChI is InChI=1S/C11H15ClN2O3S/c12-10-3-4-13-7-11(10)18(15,16)14-5-6-17-8-9-1-2-9/h3-4,7,9,14H,1-2,5-6,8H2. The van der Waals surface area contributed by atoms with Crippen LogP contribution in [0.1, 0.15) is 12.8 Å². The minimum absolute atomic E-state index is 0.00569. The lowest BCUT2D eigenvalue weighted by Gasteiger charge is -2.08. The van der Waals surface area contributed by atoms with E-state index in [2.05, 4.69) is 9.71 Å². The number of nitrogens with one attached hydrogen (secondary N) is 1. The summed E-state index contributed by atoms with van der Waals surface area (Å²) in [6.07, 6.45) is 5.11. The third-order valence-electron chi connectivity index (χ3n) is 2.61. The minimum atomic E-state index is -3.60. The molecule has 5 nitrogen and oxygen atoms in total. The molecule has 1 aliphatic carbocycles. The first kappa shape index (κ1) is 13.7. The van der Waals surface area contributed by atoms with E-state index in [1.165, 1.54) is 31.3 Å². The van der Waals surface area contributed by atoms with E-state index in [0.717, 1.165) is 6.61 Å². The second-order valence-corrected chi connectivity index (χ2v) is 6.36. The van der Waals surface area contributed by atoms with E-state index in [-0.39, 0.29) is 16.5 Å². The van der Waals surface area contributed by atoms with Crippen molar-refractivity contribution in [3.63, 3.8) is 0 Å². The van der Waals surface area contributed by atoms with Crippen LogP contribution in [-0.2, 0) is 14.8 Å². The van der Waals surface area contributed by atoms with Gasteiger partial charge in [-0.3, -0.25) is 4.98 Å². The molecule has 1 aromatic heterocycles. The van der Waals surface area contributed by atoms with E-state index >= 15 is 0 Å². The van der Waals surface area contributed by atoms with Crippen molar-refractivity contribution in [2.24, 2.45) is 5.92 Å². The Morgan fingerprint density at radius 3 is 2.94 bits per heavy atom. The van der Waals surface area contributed by atoms with E-state index in [1.807, 2.05) is 0 Å². The molecular formula is C11H15ClN2O3S. The zero-order chi connectivity index (χ0) is 13.0. The molecule has 0 spiro atoms. The highest BCUT2D eigenvalue weighted by molar-refractivity contribution is 7.89. The van der Waals surface area contributed by atoms with Crippen molar-refractivity contribution in [3.8, 4) is 0 Å². The fourth-order valence-corrected chi connectivity index (χ4v) is 2.86. The molecule has 0 radical (unpaired) electrons. The largest absolute Gasteiger partial charge is 0.380 e. The lowest BCUT2D eigenvalue weighted by molar-refractivity contribution is 0.129. The first-order chi connectivity index (χ1) is 8.59. The Kier molecular flexibility index (Phi) is 4.55. The van der Waals surface area contributed by atoms with Gasteiger partial charge in [0.1, 0.15) is 4.90 Å². The van der Waals surface area contributed by atoms with Crippen molar-refractivity contribution in [3.05, 3.63) is 23.5 Å². The Labute approximate surface area is 112 Å². The molecule has 0 saturated heterocycles. The Balaban J connectivity index is 1.81. The maximum atomic E-state index is 11.9. The van der Waals surface area contributed by atoms with Gasteiger partial charge in [-0.15, -0.1) is 0 Å². The summed E-state index contributed by atoms with van der Waals surface area (Å²) in [4.78, 5) is 3.75. The molecule has 7 heteroatoms. The van der Waals surface area contributed by atoms with Crippen LogP contribution in [0, 0.1) is 5.92 Å². The maximum Gasteiger partial charge on any atom is 0.243 e. The van der Waals surface area contributed by atoms with Crippen molar-refractivity contribution in [2.75, 3.05) is 19.8 Å². The van der Waals surface area contributed by atoms with Gasteiger partial charge in [0.25, 0.3) is 0 Å². The summed E-state index contributed by atoms with van der Waals surface area (Å²) in [5.41, 5.74) is 0. The molecule has 18 heavy (non-hydrogen) atoms. The summed E-state index contributed by atoms with van der Waals surface area (Å²) in [5, 5.41) is 0.163. The second-order valence-electron chi connectivity index (χ2n) is 4.22. The molecule has 0 unspecified atom stereocenters. The third kappa shape index (κ3) is 3.91.